The molecule has 2 aromatic rings. The van der Waals surface area contributed by atoms with Crippen molar-refractivity contribution in [2.45, 2.75) is 20.3 Å². The van der Waals surface area contributed by atoms with Crippen molar-refractivity contribution < 1.29 is 4.74 Å². The van der Waals surface area contributed by atoms with Gasteiger partial charge in [0.05, 0.1) is 5.56 Å². The highest BCUT2D eigenvalue weighted by molar-refractivity contribution is 5.50. The molecule has 2 rings (SSSR count). The maximum Gasteiger partial charge on any atom is 0.222 e. The zero-order valence-electron chi connectivity index (χ0n) is 12.5. The van der Waals surface area contributed by atoms with E-state index in [2.05, 4.69) is 34.3 Å². The first-order valence-electron chi connectivity index (χ1n) is 7.27. The second kappa shape index (κ2) is 8.04. The van der Waals surface area contributed by atoms with Crippen LogP contribution in [0.3, 0.4) is 0 Å². The molecule has 0 bridgehead atoms. The molecule has 0 aliphatic rings. The summed E-state index contributed by atoms with van der Waals surface area (Å²) in [6, 6.07) is 10.2. The van der Waals surface area contributed by atoms with Crippen LogP contribution in [0.4, 0.5) is 5.82 Å². The first-order chi connectivity index (χ1) is 10.3. The van der Waals surface area contributed by atoms with Gasteiger partial charge in [-0.05, 0) is 25.0 Å². The molecule has 1 heterocycles. The highest BCUT2D eigenvalue weighted by Crippen LogP contribution is 2.22. The largest absolute Gasteiger partial charge is 0.473 e. The van der Waals surface area contributed by atoms with Gasteiger partial charge in [0.2, 0.25) is 5.88 Å². The second-order valence-electron chi connectivity index (χ2n) is 4.51. The quantitative estimate of drug-likeness (QED) is 0.844. The Bertz CT molecular complexity index is 582. The number of nitrogens with zero attached hydrogens (tertiary/aromatic N) is 2. The van der Waals surface area contributed by atoms with Gasteiger partial charge in [0, 0.05) is 6.54 Å². The Morgan fingerprint density at radius 1 is 1.14 bits per heavy atom. The van der Waals surface area contributed by atoms with E-state index in [9.17, 15) is 0 Å². The fourth-order valence-corrected chi connectivity index (χ4v) is 2.03. The Morgan fingerprint density at radius 2 is 1.95 bits per heavy atom. The lowest BCUT2D eigenvalue weighted by molar-refractivity contribution is 0.344. The number of aromatic nitrogens is 2. The highest BCUT2D eigenvalue weighted by atomic mass is 16.5. The van der Waals surface area contributed by atoms with Crippen LogP contribution in [0.25, 0.3) is 6.08 Å². The van der Waals surface area contributed by atoms with Crippen molar-refractivity contribution in [3.8, 4) is 5.88 Å². The van der Waals surface area contributed by atoms with Gasteiger partial charge in [0.1, 0.15) is 18.8 Å². The summed E-state index contributed by atoms with van der Waals surface area (Å²) in [4.78, 5) is 8.49. The van der Waals surface area contributed by atoms with E-state index in [0.717, 1.165) is 29.9 Å². The molecule has 0 saturated carbocycles. The van der Waals surface area contributed by atoms with Gasteiger partial charge >= 0.3 is 0 Å². The molecule has 4 nitrogen and oxygen atoms in total. The second-order valence-corrected chi connectivity index (χ2v) is 4.51. The summed E-state index contributed by atoms with van der Waals surface area (Å²) >= 11 is 0. The Labute approximate surface area is 125 Å². The molecule has 0 atom stereocenters. The molecule has 1 aromatic heterocycles. The van der Waals surface area contributed by atoms with Crippen LogP contribution >= 0.6 is 0 Å². The van der Waals surface area contributed by atoms with Crippen molar-refractivity contribution in [3.63, 3.8) is 0 Å². The number of anilines is 1. The van der Waals surface area contributed by atoms with Gasteiger partial charge in [0.25, 0.3) is 0 Å². The summed E-state index contributed by atoms with van der Waals surface area (Å²) in [6.07, 6.45) is 6.40. The third kappa shape index (κ3) is 4.31. The molecule has 110 valence electrons. The van der Waals surface area contributed by atoms with Crippen LogP contribution in [-0.4, -0.2) is 23.1 Å². The molecule has 0 saturated heterocycles. The Balaban J connectivity index is 2.00. The Hall–Kier alpha value is -2.36. The van der Waals surface area contributed by atoms with Crippen molar-refractivity contribution in [2.24, 2.45) is 0 Å². The van der Waals surface area contributed by atoms with Crippen LogP contribution in [0.1, 0.15) is 25.0 Å². The molecule has 0 aliphatic heterocycles. The summed E-state index contributed by atoms with van der Waals surface area (Å²) in [5.41, 5.74) is 2.18. The molecule has 21 heavy (non-hydrogen) atoms. The van der Waals surface area contributed by atoms with Gasteiger partial charge in [-0.2, -0.15) is 0 Å². The third-order valence-corrected chi connectivity index (χ3v) is 3.03. The molecule has 0 aliphatic carbocycles. The van der Waals surface area contributed by atoms with Crippen LogP contribution in [0.5, 0.6) is 5.88 Å². The minimum absolute atomic E-state index is 0.491. The molecule has 0 spiro atoms. The van der Waals surface area contributed by atoms with Gasteiger partial charge < -0.3 is 10.1 Å². The zero-order chi connectivity index (χ0) is 14.9. The first kappa shape index (κ1) is 15.0. The molecule has 0 amide bonds. The standard InChI is InChI=1S/C17H21N3O/c1-3-15-16(18-4-2)19-13-20-17(15)21-12-8-11-14-9-6-5-7-10-14/h5-11,13H,3-4,12H2,1-2H3,(H,18,19,20)/b11-8+. The van der Waals surface area contributed by atoms with Crippen LogP contribution in [0, 0.1) is 0 Å². The van der Waals surface area contributed by atoms with E-state index in [1.165, 1.54) is 6.33 Å². The van der Waals surface area contributed by atoms with Crippen molar-refractivity contribution in [1.29, 1.82) is 0 Å². The Kier molecular flexibility index (Phi) is 5.76. The molecular weight excluding hydrogens is 262 g/mol. The first-order valence-corrected chi connectivity index (χ1v) is 7.27. The fourth-order valence-electron chi connectivity index (χ4n) is 2.03. The average molecular weight is 283 g/mol. The predicted octanol–water partition coefficient (Wildman–Crippen LogP) is 3.56. The lowest BCUT2D eigenvalue weighted by atomic mass is 10.2. The smallest absolute Gasteiger partial charge is 0.222 e. The number of hydrogen-bond acceptors (Lipinski definition) is 4. The van der Waals surface area contributed by atoms with E-state index >= 15 is 0 Å². The fraction of sp³-hybridized carbons (Fsp3) is 0.294. The molecule has 4 heteroatoms. The maximum atomic E-state index is 5.76. The number of nitrogens with one attached hydrogen (secondary N) is 1. The number of benzene rings is 1. The van der Waals surface area contributed by atoms with Crippen molar-refractivity contribution in [2.75, 3.05) is 18.5 Å². The SMILES string of the molecule is CCNc1ncnc(OC/C=C/c2ccccc2)c1CC. The summed E-state index contributed by atoms with van der Waals surface area (Å²) in [6.45, 7) is 5.44. The van der Waals surface area contributed by atoms with Gasteiger partial charge in [-0.3, -0.25) is 0 Å². The van der Waals surface area contributed by atoms with Gasteiger partial charge in [-0.1, -0.05) is 43.3 Å². The van der Waals surface area contributed by atoms with E-state index in [1.54, 1.807) is 0 Å². The van der Waals surface area contributed by atoms with Crippen LogP contribution < -0.4 is 10.1 Å². The highest BCUT2D eigenvalue weighted by Gasteiger charge is 2.09. The Morgan fingerprint density at radius 3 is 2.67 bits per heavy atom. The van der Waals surface area contributed by atoms with E-state index < -0.39 is 0 Å². The zero-order valence-corrected chi connectivity index (χ0v) is 12.5. The number of rotatable bonds is 7. The predicted molar refractivity (Wildman–Crippen MR) is 86.5 cm³/mol. The summed E-state index contributed by atoms with van der Waals surface area (Å²) in [5, 5.41) is 3.23. The summed E-state index contributed by atoms with van der Waals surface area (Å²) in [7, 11) is 0. The minimum atomic E-state index is 0.491. The van der Waals surface area contributed by atoms with Crippen LogP contribution in [-0.2, 0) is 6.42 Å². The molecule has 1 N–H and O–H groups in total. The van der Waals surface area contributed by atoms with E-state index in [1.807, 2.05) is 37.3 Å². The molecule has 1 aromatic carbocycles. The molecule has 0 radical (unpaired) electrons. The van der Waals surface area contributed by atoms with E-state index in [4.69, 9.17) is 4.74 Å². The van der Waals surface area contributed by atoms with Gasteiger partial charge in [-0.25, -0.2) is 9.97 Å². The van der Waals surface area contributed by atoms with Gasteiger partial charge in [0.15, 0.2) is 0 Å². The summed E-state index contributed by atoms with van der Waals surface area (Å²) in [5.74, 6) is 1.51. The van der Waals surface area contributed by atoms with Gasteiger partial charge in [-0.15, -0.1) is 0 Å². The van der Waals surface area contributed by atoms with E-state index in [0.29, 0.717) is 12.5 Å². The maximum absolute atomic E-state index is 5.76. The van der Waals surface area contributed by atoms with E-state index in [-0.39, 0.29) is 0 Å². The van der Waals surface area contributed by atoms with Crippen molar-refractivity contribution in [1.82, 2.24) is 9.97 Å². The normalized spacial score (nSPS) is 10.8. The average Bonchev–Trinajstić information content (AvgIpc) is 2.53. The molecule has 0 fully saturated rings. The third-order valence-electron chi connectivity index (χ3n) is 3.03. The molecular formula is C17H21N3O. The van der Waals surface area contributed by atoms with Crippen molar-refractivity contribution >= 4 is 11.9 Å². The van der Waals surface area contributed by atoms with Crippen LogP contribution in [0.15, 0.2) is 42.7 Å². The lowest BCUT2D eigenvalue weighted by Crippen LogP contribution is -2.07. The number of hydrogen-bond donors (Lipinski definition) is 1. The monoisotopic (exact) mass is 283 g/mol. The lowest BCUT2D eigenvalue weighted by Gasteiger charge is -2.11. The summed E-state index contributed by atoms with van der Waals surface area (Å²) < 4.78 is 5.76. The molecule has 0 unspecified atom stereocenters. The topological polar surface area (TPSA) is 47.0 Å². The number of ether oxygens (including phenoxy) is 1. The van der Waals surface area contributed by atoms with Crippen LogP contribution in [0.2, 0.25) is 0 Å². The minimum Gasteiger partial charge on any atom is -0.473 e. The van der Waals surface area contributed by atoms with Crippen molar-refractivity contribution in [3.05, 3.63) is 53.9 Å².